The Bertz CT molecular complexity index is 780. The van der Waals surface area contributed by atoms with Crippen LogP contribution >= 0.6 is 11.6 Å². The summed E-state index contributed by atoms with van der Waals surface area (Å²) in [5, 5.41) is 2.10. The monoisotopic (exact) mass is 414 g/mol. The van der Waals surface area contributed by atoms with Gasteiger partial charge in [0.1, 0.15) is 5.82 Å². The Balaban J connectivity index is 3.05. The van der Waals surface area contributed by atoms with Gasteiger partial charge in [0.05, 0.1) is 34.9 Å². The van der Waals surface area contributed by atoms with Gasteiger partial charge < -0.3 is 14.8 Å². The number of urea groups is 1. The van der Waals surface area contributed by atoms with E-state index < -0.39 is 35.8 Å². The summed E-state index contributed by atoms with van der Waals surface area (Å²) >= 11 is 5.89. The summed E-state index contributed by atoms with van der Waals surface area (Å²) in [6, 6.07) is 1.08. The van der Waals surface area contributed by atoms with Crippen molar-refractivity contribution in [2.24, 2.45) is 10.9 Å². The first kappa shape index (κ1) is 23.6. The first-order valence-corrected chi connectivity index (χ1v) is 9.21. The minimum Gasteiger partial charge on any atom is -0.465 e. The average molecular weight is 415 g/mol. The molecule has 0 saturated carbocycles. The molecule has 0 aromatic heterocycles. The maximum atomic E-state index is 14.1. The van der Waals surface area contributed by atoms with E-state index in [4.69, 9.17) is 21.1 Å². The molecule has 154 valence electrons. The summed E-state index contributed by atoms with van der Waals surface area (Å²) in [5.74, 6) is -2.76. The second-order valence-corrected chi connectivity index (χ2v) is 6.57. The quantitative estimate of drug-likeness (QED) is 0.518. The number of esters is 2. The topological polar surface area (TPSA) is 94.1 Å². The molecule has 2 amide bonds. The number of aliphatic imine (C=N–C) groups is 1. The van der Waals surface area contributed by atoms with Crippen molar-refractivity contribution in [2.75, 3.05) is 11.9 Å². The molecular weight excluding hydrogens is 391 g/mol. The van der Waals surface area contributed by atoms with Gasteiger partial charge in [-0.05, 0) is 46.2 Å². The molecule has 0 radical (unpaired) electrons. The molecule has 0 fully saturated rings. The Kier molecular flexibility index (Phi) is 9.05. The summed E-state index contributed by atoms with van der Waals surface area (Å²) < 4.78 is 24.1. The summed E-state index contributed by atoms with van der Waals surface area (Å²) in [6.45, 7) is 8.46. The van der Waals surface area contributed by atoms with E-state index in [1.165, 1.54) is 6.92 Å². The van der Waals surface area contributed by atoms with Crippen molar-refractivity contribution in [2.45, 2.75) is 47.1 Å². The van der Waals surface area contributed by atoms with Gasteiger partial charge in [0.25, 0.3) is 0 Å². The molecule has 0 bridgehead atoms. The van der Waals surface area contributed by atoms with E-state index in [0.717, 1.165) is 12.1 Å². The van der Waals surface area contributed by atoms with Crippen molar-refractivity contribution < 1.29 is 28.2 Å². The third kappa shape index (κ3) is 6.60. The van der Waals surface area contributed by atoms with Gasteiger partial charge in [-0.15, -0.1) is 0 Å². The molecule has 0 aliphatic rings. The molecule has 0 aliphatic heterocycles. The Hall–Kier alpha value is -2.48. The predicted molar refractivity (Wildman–Crippen MR) is 105 cm³/mol. The van der Waals surface area contributed by atoms with Gasteiger partial charge >= 0.3 is 18.0 Å². The number of halogens is 2. The number of hydrogen-bond donors (Lipinski definition) is 1. The van der Waals surface area contributed by atoms with E-state index in [-0.39, 0.29) is 28.6 Å². The fourth-order valence-corrected chi connectivity index (χ4v) is 2.56. The Labute approximate surface area is 168 Å². The van der Waals surface area contributed by atoms with E-state index in [9.17, 15) is 18.8 Å². The van der Waals surface area contributed by atoms with E-state index >= 15 is 0 Å². The molecule has 1 rings (SSSR count). The van der Waals surface area contributed by atoms with E-state index in [0.29, 0.717) is 6.42 Å². The minimum absolute atomic E-state index is 0.0919. The molecule has 1 aromatic rings. The second-order valence-electron chi connectivity index (χ2n) is 6.16. The highest BCUT2D eigenvalue weighted by Gasteiger charge is 2.22. The van der Waals surface area contributed by atoms with Crippen molar-refractivity contribution in [3.63, 3.8) is 0 Å². The highest BCUT2D eigenvalue weighted by atomic mass is 35.5. The van der Waals surface area contributed by atoms with Crippen LogP contribution in [-0.4, -0.2) is 36.4 Å². The molecule has 1 atom stereocenters. The van der Waals surface area contributed by atoms with Crippen molar-refractivity contribution in [1.29, 1.82) is 0 Å². The summed E-state index contributed by atoms with van der Waals surface area (Å²) in [4.78, 5) is 39.9. The lowest BCUT2D eigenvalue weighted by molar-refractivity contribution is -0.145. The van der Waals surface area contributed by atoms with E-state index in [1.54, 1.807) is 27.7 Å². The zero-order valence-corrected chi connectivity index (χ0v) is 17.2. The third-order valence-electron chi connectivity index (χ3n) is 3.62. The van der Waals surface area contributed by atoms with Crippen LogP contribution in [0.1, 0.15) is 51.4 Å². The first-order chi connectivity index (χ1) is 13.1. The van der Waals surface area contributed by atoms with Gasteiger partial charge in [0, 0.05) is 5.71 Å². The summed E-state index contributed by atoms with van der Waals surface area (Å²) in [6.07, 6.45) is -0.00477. The number of carbonyl (C=O) groups excluding carboxylic acids is 3. The number of amides is 2. The van der Waals surface area contributed by atoms with Crippen LogP contribution in [0.4, 0.5) is 14.9 Å². The third-order valence-corrected chi connectivity index (χ3v) is 3.94. The van der Waals surface area contributed by atoms with Crippen LogP contribution in [0.3, 0.4) is 0 Å². The number of rotatable bonds is 7. The number of benzene rings is 1. The molecular formula is C19H24ClFN2O5. The normalized spacial score (nSPS) is 12.5. The standard InChI is InChI=1S/C19H24ClFN2O5/c1-6-12(17(24)27-7-2)11(5)22-19(26)23-16-8-13(14(20)9-15(16)21)18(25)28-10(3)4/h8-10,12H,6-7H2,1-5H3,(H,23,26). The summed E-state index contributed by atoms with van der Waals surface area (Å²) in [7, 11) is 0. The molecule has 1 unspecified atom stereocenters. The van der Waals surface area contributed by atoms with Crippen molar-refractivity contribution in [3.8, 4) is 0 Å². The smallest absolute Gasteiger partial charge is 0.345 e. The minimum atomic E-state index is -0.898. The zero-order chi connectivity index (χ0) is 21.4. The molecule has 0 heterocycles. The van der Waals surface area contributed by atoms with Gasteiger partial charge in [-0.3, -0.25) is 4.79 Å². The largest absolute Gasteiger partial charge is 0.465 e. The summed E-state index contributed by atoms with van der Waals surface area (Å²) in [5.41, 5.74) is -0.149. The number of nitrogens with one attached hydrogen (secondary N) is 1. The molecule has 1 N–H and O–H groups in total. The Morgan fingerprint density at radius 1 is 1.25 bits per heavy atom. The van der Waals surface area contributed by atoms with Crippen molar-refractivity contribution in [1.82, 2.24) is 0 Å². The average Bonchev–Trinajstić information content (AvgIpc) is 2.57. The first-order valence-electron chi connectivity index (χ1n) is 8.83. The van der Waals surface area contributed by atoms with Crippen LogP contribution in [0, 0.1) is 11.7 Å². The van der Waals surface area contributed by atoms with Crippen LogP contribution in [0.2, 0.25) is 5.02 Å². The number of nitrogens with zero attached hydrogens (tertiary/aromatic N) is 1. The van der Waals surface area contributed by atoms with E-state index in [2.05, 4.69) is 10.3 Å². The number of hydrogen-bond acceptors (Lipinski definition) is 5. The van der Waals surface area contributed by atoms with Crippen molar-refractivity contribution >= 4 is 41.0 Å². The van der Waals surface area contributed by atoms with Crippen molar-refractivity contribution in [3.05, 3.63) is 28.5 Å². The highest BCUT2D eigenvalue weighted by molar-refractivity contribution is 6.33. The van der Waals surface area contributed by atoms with Gasteiger partial charge in [-0.2, -0.15) is 0 Å². The predicted octanol–water partition coefficient (Wildman–Crippen LogP) is 4.63. The lowest BCUT2D eigenvalue weighted by Crippen LogP contribution is -2.25. The fourth-order valence-electron chi connectivity index (χ4n) is 2.34. The van der Waals surface area contributed by atoms with Crippen LogP contribution in [0.15, 0.2) is 17.1 Å². The molecule has 7 nitrogen and oxygen atoms in total. The van der Waals surface area contributed by atoms with Crippen LogP contribution < -0.4 is 5.32 Å². The second kappa shape index (κ2) is 10.8. The van der Waals surface area contributed by atoms with Crippen LogP contribution in [-0.2, 0) is 14.3 Å². The molecule has 0 saturated heterocycles. The maximum Gasteiger partial charge on any atom is 0.345 e. The highest BCUT2D eigenvalue weighted by Crippen LogP contribution is 2.25. The SMILES string of the molecule is CCOC(=O)C(CC)C(C)=NC(=O)Nc1cc(C(=O)OC(C)C)c(Cl)cc1F. The van der Waals surface area contributed by atoms with Gasteiger partial charge in [-0.25, -0.2) is 19.0 Å². The lowest BCUT2D eigenvalue weighted by Gasteiger charge is -2.14. The molecule has 28 heavy (non-hydrogen) atoms. The van der Waals surface area contributed by atoms with Gasteiger partial charge in [-0.1, -0.05) is 18.5 Å². The Morgan fingerprint density at radius 2 is 1.89 bits per heavy atom. The number of anilines is 1. The van der Waals surface area contributed by atoms with E-state index in [1.807, 2.05) is 0 Å². The molecule has 9 heteroatoms. The molecule has 0 spiro atoms. The maximum absolute atomic E-state index is 14.1. The number of ether oxygens (including phenoxy) is 2. The van der Waals surface area contributed by atoms with Gasteiger partial charge in [0.15, 0.2) is 0 Å². The van der Waals surface area contributed by atoms with Crippen LogP contribution in [0.5, 0.6) is 0 Å². The number of carbonyl (C=O) groups is 3. The zero-order valence-electron chi connectivity index (χ0n) is 16.5. The van der Waals surface area contributed by atoms with Gasteiger partial charge in [0.2, 0.25) is 0 Å². The molecule has 0 aliphatic carbocycles. The lowest BCUT2D eigenvalue weighted by atomic mass is 10.0. The fraction of sp³-hybridized carbons (Fsp3) is 0.474. The molecule has 1 aromatic carbocycles. The Morgan fingerprint density at radius 3 is 2.43 bits per heavy atom. The van der Waals surface area contributed by atoms with Crippen LogP contribution in [0.25, 0.3) is 0 Å².